The fourth-order valence-electron chi connectivity index (χ4n) is 3.21. The molecule has 0 radical (unpaired) electrons. The molecule has 9 heteroatoms. The fourth-order valence-corrected chi connectivity index (χ4v) is 4.10. The molecule has 2 N–H and O–H groups in total. The standard InChI is InChI=1S/C24H21N5O3S/c1-24(11-12-24)23(30)26-17-7-5-8-18(15-17)29-33(31)19-9-4-6-16(14-19)21-27-22(32-28-21)20-10-2-3-13-25-20/h2-10,13-15,29H,11-12H2,1H3,(H,26,30). The van der Waals surface area contributed by atoms with E-state index in [1.54, 1.807) is 48.7 Å². The molecule has 0 saturated heterocycles. The molecule has 0 bridgehead atoms. The van der Waals surface area contributed by atoms with Crippen molar-refractivity contribution in [3.05, 3.63) is 72.9 Å². The Balaban J connectivity index is 1.30. The van der Waals surface area contributed by atoms with Crippen molar-refractivity contribution in [2.24, 2.45) is 5.41 Å². The molecule has 1 unspecified atom stereocenters. The highest BCUT2D eigenvalue weighted by atomic mass is 32.2. The number of nitrogens with one attached hydrogen (secondary N) is 2. The summed E-state index contributed by atoms with van der Waals surface area (Å²) in [6.07, 6.45) is 3.46. The Morgan fingerprint density at radius 2 is 1.85 bits per heavy atom. The van der Waals surface area contributed by atoms with Crippen molar-refractivity contribution in [2.75, 3.05) is 10.0 Å². The SMILES string of the molecule is CC1(C(=O)Nc2cccc(NS(=O)c3cccc(-c4noc(-c5ccccn5)n4)c3)c2)CC1. The van der Waals surface area contributed by atoms with Gasteiger partial charge in [-0.25, -0.2) is 4.21 Å². The van der Waals surface area contributed by atoms with E-state index in [4.69, 9.17) is 4.52 Å². The minimum Gasteiger partial charge on any atom is -0.332 e. The maximum absolute atomic E-state index is 13.0. The maximum atomic E-state index is 13.0. The summed E-state index contributed by atoms with van der Waals surface area (Å²) in [7, 11) is -1.53. The molecule has 1 atom stereocenters. The summed E-state index contributed by atoms with van der Waals surface area (Å²) in [5, 5.41) is 6.96. The van der Waals surface area contributed by atoms with Crippen LogP contribution in [0.4, 0.5) is 11.4 Å². The molecule has 1 saturated carbocycles. The lowest BCUT2D eigenvalue weighted by Crippen LogP contribution is -2.21. The van der Waals surface area contributed by atoms with Gasteiger partial charge >= 0.3 is 0 Å². The third kappa shape index (κ3) is 4.68. The van der Waals surface area contributed by atoms with Gasteiger partial charge in [-0.3, -0.25) is 9.78 Å². The first-order chi connectivity index (χ1) is 16.0. The first-order valence-electron chi connectivity index (χ1n) is 10.5. The highest BCUT2D eigenvalue weighted by molar-refractivity contribution is 7.86. The van der Waals surface area contributed by atoms with Crippen molar-refractivity contribution in [1.82, 2.24) is 15.1 Å². The van der Waals surface area contributed by atoms with E-state index >= 15 is 0 Å². The Morgan fingerprint density at radius 3 is 2.64 bits per heavy atom. The molecule has 2 heterocycles. The zero-order valence-corrected chi connectivity index (χ0v) is 18.6. The van der Waals surface area contributed by atoms with Gasteiger partial charge in [0.2, 0.25) is 11.7 Å². The van der Waals surface area contributed by atoms with Crippen molar-refractivity contribution in [3.8, 4) is 23.0 Å². The van der Waals surface area contributed by atoms with Gasteiger partial charge in [-0.2, -0.15) is 4.98 Å². The monoisotopic (exact) mass is 459 g/mol. The molecule has 8 nitrogen and oxygen atoms in total. The molecule has 0 aliphatic heterocycles. The number of amides is 1. The van der Waals surface area contributed by atoms with Crippen molar-refractivity contribution < 1.29 is 13.5 Å². The number of nitrogens with zero attached hydrogens (tertiary/aromatic N) is 3. The lowest BCUT2D eigenvalue weighted by atomic mass is 10.1. The first-order valence-corrected chi connectivity index (χ1v) is 11.6. The Kier molecular flexibility index (Phi) is 5.47. The first kappa shape index (κ1) is 21.0. The molecule has 0 spiro atoms. The van der Waals surface area contributed by atoms with Gasteiger partial charge < -0.3 is 14.6 Å². The number of carbonyl (C=O) groups excluding carboxylic acids is 1. The maximum Gasteiger partial charge on any atom is 0.276 e. The van der Waals surface area contributed by atoms with Crippen LogP contribution >= 0.6 is 0 Å². The van der Waals surface area contributed by atoms with Crippen LogP contribution < -0.4 is 10.0 Å². The summed E-state index contributed by atoms with van der Waals surface area (Å²) in [6, 6.07) is 19.7. The zero-order valence-electron chi connectivity index (χ0n) is 17.8. The highest BCUT2D eigenvalue weighted by Crippen LogP contribution is 2.45. The summed E-state index contributed by atoms with van der Waals surface area (Å²) in [4.78, 5) is 21.5. The summed E-state index contributed by atoms with van der Waals surface area (Å²) >= 11 is 0. The van der Waals surface area contributed by atoms with E-state index in [9.17, 15) is 9.00 Å². The number of rotatable bonds is 7. The number of benzene rings is 2. The number of hydrogen-bond donors (Lipinski definition) is 2. The number of hydrogen-bond acceptors (Lipinski definition) is 6. The van der Waals surface area contributed by atoms with Gasteiger partial charge in [0, 0.05) is 28.6 Å². The molecule has 4 aromatic rings. The van der Waals surface area contributed by atoms with Crippen molar-refractivity contribution in [2.45, 2.75) is 24.7 Å². The number of pyridine rings is 1. The van der Waals surface area contributed by atoms with Crippen LogP contribution in [-0.2, 0) is 15.8 Å². The van der Waals surface area contributed by atoms with E-state index in [-0.39, 0.29) is 11.3 Å². The Morgan fingerprint density at radius 1 is 1.03 bits per heavy atom. The fraction of sp³-hybridized carbons (Fsp3) is 0.167. The van der Waals surface area contributed by atoms with E-state index in [1.807, 2.05) is 31.2 Å². The minimum absolute atomic E-state index is 0.0126. The lowest BCUT2D eigenvalue weighted by molar-refractivity contribution is -0.120. The van der Waals surface area contributed by atoms with E-state index in [0.717, 1.165) is 12.8 Å². The van der Waals surface area contributed by atoms with E-state index in [2.05, 4.69) is 25.2 Å². The molecule has 166 valence electrons. The third-order valence-corrected chi connectivity index (χ3v) is 6.60. The molecule has 1 fully saturated rings. The molecule has 5 rings (SSSR count). The average molecular weight is 460 g/mol. The van der Waals surface area contributed by atoms with Crippen LogP contribution in [0.1, 0.15) is 19.8 Å². The molecule has 2 aromatic heterocycles. The van der Waals surface area contributed by atoms with Gasteiger partial charge in [-0.15, -0.1) is 0 Å². The summed E-state index contributed by atoms with van der Waals surface area (Å²) < 4.78 is 21.3. The minimum atomic E-state index is -1.53. The largest absolute Gasteiger partial charge is 0.332 e. The normalized spacial score (nSPS) is 14.9. The predicted octanol–water partition coefficient (Wildman–Crippen LogP) is 4.67. The van der Waals surface area contributed by atoms with Crippen LogP contribution in [0.25, 0.3) is 23.0 Å². The lowest BCUT2D eigenvalue weighted by Gasteiger charge is -2.12. The Hall–Kier alpha value is -3.85. The topological polar surface area (TPSA) is 110 Å². The quantitative estimate of drug-likeness (QED) is 0.416. The second-order valence-corrected chi connectivity index (χ2v) is 9.35. The molecule has 33 heavy (non-hydrogen) atoms. The van der Waals surface area contributed by atoms with Crippen LogP contribution in [0, 0.1) is 5.41 Å². The third-order valence-electron chi connectivity index (χ3n) is 5.50. The van der Waals surface area contributed by atoms with Crippen LogP contribution in [-0.4, -0.2) is 25.2 Å². The Labute approximate surface area is 193 Å². The van der Waals surface area contributed by atoms with Crippen LogP contribution in [0.5, 0.6) is 0 Å². The second-order valence-electron chi connectivity index (χ2n) is 8.13. The van der Waals surface area contributed by atoms with Crippen molar-refractivity contribution in [1.29, 1.82) is 0 Å². The van der Waals surface area contributed by atoms with Gasteiger partial charge in [0.05, 0.1) is 4.90 Å². The van der Waals surface area contributed by atoms with Gasteiger partial charge in [0.25, 0.3) is 5.89 Å². The summed E-state index contributed by atoms with van der Waals surface area (Å²) in [5.74, 6) is 0.709. The van der Waals surface area contributed by atoms with Gasteiger partial charge in [-0.1, -0.05) is 36.3 Å². The van der Waals surface area contributed by atoms with E-state index in [0.29, 0.717) is 39.2 Å². The number of carbonyl (C=O) groups is 1. The van der Waals surface area contributed by atoms with E-state index < -0.39 is 11.0 Å². The summed E-state index contributed by atoms with van der Waals surface area (Å²) in [5.41, 5.74) is 2.29. The molecule has 1 amide bonds. The average Bonchev–Trinajstić information content (AvgIpc) is 3.40. The predicted molar refractivity (Wildman–Crippen MR) is 125 cm³/mol. The molecule has 1 aliphatic rings. The zero-order chi connectivity index (χ0) is 22.8. The van der Waals surface area contributed by atoms with Crippen molar-refractivity contribution >= 4 is 28.3 Å². The molecule has 1 aliphatic carbocycles. The van der Waals surface area contributed by atoms with E-state index in [1.165, 1.54) is 0 Å². The van der Waals surface area contributed by atoms with Gasteiger partial charge in [0.1, 0.15) is 16.7 Å². The number of aromatic nitrogens is 3. The summed E-state index contributed by atoms with van der Waals surface area (Å²) in [6.45, 7) is 1.95. The van der Waals surface area contributed by atoms with Crippen LogP contribution in [0.3, 0.4) is 0 Å². The van der Waals surface area contributed by atoms with Gasteiger partial charge in [0.15, 0.2) is 0 Å². The molecular weight excluding hydrogens is 438 g/mol. The Bertz CT molecular complexity index is 1330. The van der Waals surface area contributed by atoms with Crippen LogP contribution in [0.2, 0.25) is 0 Å². The molecular formula is C24H21N5O3S. The smallest absolute Gasteiger partial charge is 0.276 e. The second kappa shape index (κ2) is 8.59. The highest BCUT2D eigenvalue weighted by Gasteiger charge is 2.44. The molecule has 2 aromatic carbocycles. The van der Waals surface area contributed by atoms with Gasteiger partial charge in [-0.05, 0) is 55.3 Å². The van der Waals surface area contributed by atoms with Crippen LogP contribution in [0.15, 0.2) is 82.3 Å². The number of anilines is 2. The van der Waals surface area contributed by atoms with Crippen molar-refractivity contribution in [3.63, 3.8) is 0 Å².